The van der Waals surface area contributed by atoms with E-state index >= 15 is 0 Å². The molecule has 0 radical (unpaired) electrons. The lowest BCUT2D eigenvalue weighted by Crippen LogP contribution is -2.38. The van der Waals surface area contributed by atoms with Gasteiger partial charge in [0.2, 0.25) is 0 Å². The second-order valence-corrected chi connectivity index (χ2v) is 4.17. The Balaban J connectivity index is 2.69. The fourth-order valence-corrected chi connectivity index (χ4v) is 2.15. The van der Waals surface area contributed by atoms with Gasteiger partial charge < -0.3 is 9.47 Å². The molecule has 17 heavy (non-hydrogen) atoms. The fraction of sp³-hybridized carbons (Fsp3) is 0.750. The van der Waals surface area contributed by atoms with Crippen LogP contribution in [0.5, 0.6) is 0 Å². The molecule has 0 saturated heterocycles. The molecule has 1 rings (SSSR count). The van der Waals surface area contributed by atoms with Crippen LogP contribution in [0.1, 0.15) is 39.5 Å². The van der Waals surface area contributed by atoms with Gasteiger partial charge in [0.25, 0.3) is 0 Å². The van der Waals surface area contributed by atoms with Crippen LogP contribution in [0, 0.1) is 5.41 Å². The molecule has 96 valence electrons. The molecule has 0 aromatic carbocycles. The molecule has 0 bridgehead atoms. The first-order valence-corrected chi connectivity index (χ1v) is 5.87. The van der Waals surface area contributed by atoms with Gasteiger partial charge in [0.15, 0.2) is 0 Å². The molecule has 1 unspecified atom stereocenters. The molecule has 1 aliphatic carbocycles. The van der Waals surface area contributed by atoms with E-state index in [2.05, 4.69) is 0 Å². The minimum atomic E-state index is -1.08. The molecular formula is C12H18O5. The normalized spacial score (nSPS) is 23.5. The van der Waals surface area contributed by atoms with Crippen LogP contribution in [0.2, 0.25) is 0 Å². The van der Waals surface area contributed by atoms with Gasteiger partial charge >= 0.3 is 11.9 Å². The zero-order valence-electron chi connectivity index (χ0n) is 10.3. The van der Waals surface area contributed by atoms with E-state index in [1.54, 1.807) is 6.92 Å². The van der Waals surface area contributed by atoms with Crippen molar-refractivity contribution in [3.8, 4) is 0 Å². The Hall–Kier alpha value is -1.39. The summed E-state index contributed by atoms with van der Waals surface area (Å²) in [4.78, 5) is 34.4. The van der Waals surface area contributed by atoms with Crippen molar-refractivity contribution >= 4 is 17.7 Å². The van der Waals surface area contributed by atoms with E-state index in [-0.39, 0.29) is 25.4 Å². The molecule has 0 amide bonds. The Labute approximate surface area is 100 Å². The summed E-state index contributed by atoms with van der Waals surface area (Å²) < 4.78 is 9.76. The first-order valence-electron chi connectivity index (χ1n) is 5.87. The van der Waals surface area contributed by atoms with Gasteiger partial charge in [-0.25, -0.2) is 0 Å². The number of ketones is 1. The van der Waals surface area contributed by atoms with E-state index in [0.29, 0.717) is 19.3 Å². The van der Waals surface area contributed by atoms with Crippen LogP contribution in [0.3, 0.4) is 0 Å². The third-order valence-corrected chi connectivity index (χ3v) is 3.04. The minimum Gasteiger partial charge on any atom is -0.466 e. The van der Waals surface area contributed by atoms with Gasteiger partial charge in [0.1, 0.15) is 11.2 Å². The standard InChI is InChI=1S/C12H18O5/c1-3-16-11(15)12(6-4-5-10(12)14)7-8-17-9(2)13/h3-8H2,1-2H3. The number of rotatable bonds is 5. The molecule has 0 aromatic rings. The van der Waals surface area contributed by atoms with E-state index in [4.69, 9.17) is 9.47 Å². The van der Waals surface area contributed by atoms with Crippen molar-refractivity contribution in [3.05, 3.63) is 0 Å². The summed E-state index contributed by atoms with van der Waals surface area (Å²) in [6.07, 6.45) is 1.81. The van der Waals surface area contributed by atoms with Gasteiger partial charge in [0, 0.05) is 19.8 Å². The van der Waals surface area contributed by atoms with E-state index in [0.717, 1.165) is 0 Å². The lowest BCUT2D eigenvalue weighted by molar-refractivity contribution is -0.161. The average Bonchev–Trinajstić information content (AvgIpc) is 2.61. The number of esters is 2. The largest absolute Gasteiger partial charge is 0.466 e. The van der Waals surface area contributed by atoms with Gasteiger partial charge in [-0.15, -0.1) is 0 Å². The van der Waals surface area contributed by atoms with E-state index in [9.17, 15) is 14.4 Å². The molecule has 0 aliphatic heterocycles. The quantitative estimate of drug-likeness (QED) is 0.536. The molecule has 1 atom stereocenters. The number of ether oxygens (including phenoxy) is 2. The summed E-state index contributed by atoms with van der Waals surface area (Å²) in [5.74, 6) is -0.979. The van der Waals surface area contributed by atoms with E-state index < -0.39 is 17.4 Å². The predicted molar refractivity (Wildman–Crippen MR) is 59.2 cm³/mol. The zero-order valence-corrected chi connectivity index (χ0v) is 10.3. The van der Waals surface area contributed by atoms with Crippen molar-refractivity contribution in [1.82, 2.24) is 0 Å². The van der Waals surface area contributed by atoms with Gasteiger partial charge in [-0.2, -0.15) is 0 Å². The summed E-state index contributed by atoms with van der Waals surface area (Å²) in [6, 6.07) is 0. The molecular weight excluding hydrogens is 224 g/mol. The topological polar surface area (TPSA) is 69.7 Å². The van der Waals surface area contributed by atoms with Crippen LogP contribution in [0.25, 0.3) is 0 Å². The maximum atomic E-state index is 11.9. The third-order valence-electron chi connectivity index (χ3n) is 3.04. The lowest BCUT2D eigenvalue weighted by atomic mass is 9.82. The van der Waals surface area contributed by atoms with Gasteiger partial charge in [0.05, 0.1) is 13.2 Å². The maximum absolute atomic E-state index is 11.9. The van der Waals surface area contributed by atoms with Crippen LogP contribution in [-0.4, -0.2) is 30.9 Å². The first-order chi connectivity index (χ1) is 8.03. The molecule has 0 N–H and O–H groups in total. The second kappa shape index (κ2) is 5.80. The number of hydrogen-bond acceptors (Lipinski definition) is 5. The van der Waals surface area contributed by atoms with Crippen molar-refractivity contribution in [3.63, 3.8) is 0 Å². The summed E-state index contributed by atoms with van der Waals surface area (Å²) in [7, 11) is 0. The highest BCUT2D eigenvalue weighted by Crippen LogP contribution is 2.39. The van der Waals surface area contributed by atoms with Gasteiger partial charge in [-0.1, -0.05) is 0 Å². The van der Waals surface area contributed by atoms with Crippen LogP contribution < -0.4 is 0 Å². The van der Waals surface area contributed by atoms with E-state index in [1.807, 2.05) is 0 Å². The second-order valence-electron chi connectivity index (χ2n) is 4.17. The van der Waals surface area contributed by atoms with Gasteiger partial charge in [-0.3, -0.25) is 14.4 Å². The van der Waals surface area contributed by atoms with Crippen LogP contribution in [-0.2, 0) is 23.9 Å². The van der Waals surface area contributed by atoms with Crippen LogP contribution >= 0.6 is 0 Å². The molecule has 0 spiro atoms. The number of hydrogen-bond donors (Lipinski definition) is 0. The Bertz CT molecular complexity index is 323. The molecule has 5 nitrogen and oxygen atoms in total. The predicted octanol–water partition coefficient (Wildman–Crippen LogP) is 1.24. The molecule has 0 aromatic heterocycles. The highest BCUT2D eigenvalue weighted by molar-refractivity contribution is 6.05. The molecule has 5 heteroatoms. The Morgan fingerprint density at radius 3 is 2.53 bits per heavy atom. The SMILES string of the molecule is CCOC(=O)C1(CCOC(C)=O)CCCC1=O. The van der Waals surface area contributed by atoms with Crippen LogP contribution in [0.15, 0.2) is 0 Å². The maximum Gasteiger partial charge on any atom is 0.319 e. The number of carbonyl (C=O) groups excluding carboxylic acids is 3. The third kappa shape index (κ3) is 3.05. The lowest BCUT2D eigenvalue weighted by Gasteiger charge is -2.24. The zero-order chi connectivity index (χ0) is 12.9. The smallest absolute Gasteiger partial charge is 0.319 e. The highest BCUT2D eigenvalue weighted by atomic mass is 16.5. The number of Topliss-reactive ketones (excluding diaryl/α,β-unsaturated/α-hetero) is 1. The monoisotopic (exact) mass is 242 g/mol. The highest BCUT2D eigenvalue weighted by Gasteiger charge is 2.49. The van der Waals surface area contributed by atoms with Crippen molar-refractivity contribution < 1.29 is 23.9 Å². The summed E-state index contributed by atoms with van der Waals surface area (Å²) in [5, 5.41) is 0. The van der Waals surface area contributed by atoms with Crippen molar-refractivity contribution in [2.24, 2.45) is 5.41 Å². The molecule has 0 heterocycles. The fourth-order valence-electron chi connectivity index (χ4n) is 2.15. The summed E-state index contributed by atoms with van der Waals surface area (Å²) in [5.41, 5.74) is -1.08. The Morgan fingerprint density at radius 2 is 2.06 bits per heavy atom. The molecule has 1 saturated carbocycles. The summed E-state index contributed by atoms with van der Waals surface area (Å²) >= 11 is 0. The minimum absolute atomic E-state index is 0.0832. The van der Waals surface area contributed by atoms with E-state index in [1.165, 1.54) is 6.92 Å². The Kier molecular flexibility index (Phi) is 4.66. The van der Waals surface area contributed by atoms with Crippen molar-refractivity contribution in [2.75, 3.05) is 13.2 Å². The molecule has 1 fully saturated rings. The average molecular weight is 242 g/mol. The van der Waals surface area contributed by atoms with Gasteiger partial charge in [-0.05, 0) is 19.8 Å². The Morgan fingerprint density at radius 1 is 1.35 bits per heavy atom. The summed E-state index contributed by atoms with van der Waals surface area (Å²) in [6.45, 7) is 3.34. The van der Waals surface area contributed by atoms with Crippen molar-refractivity contribution in [2.45, 2.75) is 39.5 Å². The van der Waals surface area contributed by atoms with Crippen LogP contribution in [0.4, 0.5) is 0 Å². The first kappa shape index (κ1) is 13.7. The number of carbonyl (C=O) groups is 3. The van der Waals surface area contributed by atoms with Crippen molar-refractivity contribution in [1.29, 1.82) is 0 Å². The molecule has 1 aliphatic rings.